The molecule has 3 rings (SSSR count). The van der Waals surface area contributed by atoms with Gasteiger partial charge in [0.15, 0.2) is 5.69 Å². The van der Waals surface area contributed by atoms with E-state index >= 15 is 0 Å². The molecule has 1 fully saturated rings. The number of piperidine rings is 1. The molecule has 1 saturated heterocycles. The fraction of sp³-hybridized carbons (Fsp3) is 0.467. The van der Waals surface area contributed by atoms with Gasteiger partial charge in [0.1, 0.15) is 12.2 Å². The molecule has 134 valence electrons. The lowest BCUT2D eigenvalue weighted by atomic mass is 9.97. The third-order valence-corrected chi connectivity index (χ3v) is 5.13. The summed E-state index contributed by atoms with van der Waals surface area (Å²) >= 11 is 1.32. The van der Waals surface area contributed by atoms with Crippen molar-refractivity contribution in [3.8, 4) is 0 Å². The second-order valence-electron chi connectivity index (χ2n) is 5.77. The number of nitrogens with zero attached hydrogens (tertiary/aromatic N) is 4. The molecule has 0 aliphatic carbocycles. The number of alkyl halides is 2. The Morgan fingerprint density at radius 2 is 2.08 bits per heavy atom. The fourth-order valence-electron chi connectivity index (χ4n) is 2.77. The van der Waals surface area contributed by atoms with Gasteiger partial charge in [-0.3, -0.25) is 9.48 Å². The van der Waals surface area contributed by atoms with Crippen molar-refractivity contribution < 1.29 is 23.5 Å². The van der Waals surface area contributed by atoms with E-state index in [0.717, 1.165) is 5.01 Å². The number of hydrogen-bond acceptors (Lipinski definition) is 5. The number of rotatable bonds is 5. The van der Waals surface area contributed by atoms with Gasteiger partial charge in [0.05, 0.1) is 5.01 Å². The number of aromatic carboxylic acids is 1. The third-order valence-electron chi connectivity index (χ3n) is 4.12. The van der Waals surface area contributed by atoms with Crippen molar-refractivity contribution in [2.75, 3.05) is 13.1 Å². The predicted octanol–water partition coefficient (Wildman–Crippen LogP) is 2.38. The molecule has 2 aromatic rings. The summed E-state index contributed by atoms with van der Waals surface area (Å²) in [6.07, 6.45) is 0.107. The van der Waals surface area contributed by atoms with Crippen LogP contribution in [0.1, 0.15) is 46.4 Å². The summed E-state index contributed by atoms with van der Waals surface area (Å²) in [4.78, 5) is 29.0. The van der Waals surface area contributed by atoms with Gasteiger partial charge in [0.25, 0.3) is 6.43 Å². The Bertz CT molecular complexity index is 768. The molecular formula is C15H16F2N4O3S. The summed E-state index contributed by atoms with van der Waals surface area (Å²) < 4.78 is 26.2. The SMILES string of the molecule is O=C(O)c1csc(C2CCN(C(=O)Cn3ccc(C(F)F)n3)CC2)n1. The molecular weight excluding hydrogens is 354 g/mol. The van der Waals surface area contributed by atoms with E-state index in [9.17, 15) is 18.4 Å². The topological polar surface area (TPSA) is 88.3 Å². The number of amides is 1. The first-order chi connectivity index (χ1) is 11.9. The molecule has 0 saturated carbocycles. The number of carbonyl (C=O) groups excluding carboxylic acids is 1. The summed E-state index contributed by atoms with van der Waals surface area (Å²) in [5.74, 6) is -1.08. The van der Waals surface area contributed by atoms with E-state index in [1.165, 1.54) is 33.7 Å². The standard InChI is InChI=1S/C15H16F2N4O3S/c16-13(17)10-3-6-21(19-10)7-12(22)20-4-1-9(2-5-20)14-18-11(8-25-14)15(23)24/h3,6,8-9,13H,1-2,4-5,7H2,(H,23,24). The average Bonchev–Trinajstić information content (AvgIpc) is 3.24. The first kappa shape index (κ1) is 17.5. The van der Waals surface area contributed by atoms with Crippen LogP contribution in [0.5, 0.6) is 0 Å². The van der Waals surface area contributed by atoms with Crippen LogP contribution >= 0.6 is 11.3 Å². The molecule has 1 aliphatic rings. The predicted molar refractivity (Wildman–Crippen MR) is 84.8 cm³/mol. The van der Waals surface area contributed by atoms with Crippen LogP contribution in [0.4, 0.5) is 8.78 Å². The molecule has 1 N–H and O–H groups in total. The summed E-state index contributed by atoms with van der Waals surface area (Å²) in [6.45, 7) is 0.973. The highest BCUT2D eigenvalue weighted by atomic mass is 32.1. The van der Waals surface area contributed by atoms with Crippen LogP contribution in [0.15, 0.2) is 17.6 Å². The van der Waals surface area contributed by atoms with Gasteiger partial charge in [-0.2, -0.15) is 5.10 Å². The van der Waals surface area contributed by atoms with Gasteiger partial charge in [-0.15, -0.1) is 11.3 Å². The minimum absolute atomic E-state index is 0.0482. The smallest absolute Gasteiger partial charge is 0.355 e. The largest absolute Gasteiger partial charge is 0.476 e. The maximum atomic E-state index is 12.5. The van der Waals surface area contributed by atoms with Crippen molar-refractivity contribution >= 4 is 23.2 Å². The monoisotopic (exact) mass is 370 g/mol. The van der Waals surface area contributed by atoms with Crippen molar-refractivity contribution in [3.63, 3.8) is 0 Å². The minimum atomic E-state index is -2.65. The Balaban J connectivity index is 1.54. The first-order valence-corrected chi connectivity index (χ1v) is 8.60. The van der Waals surface area contributed by atoms with Crippen LogP contribution in [0.25, 0.3) is 0 Å². The fourth-order valence-corrected chi connectivity index (χ4v) is 3.73. The van der Waals surface area contributed by atoms with E-state index in [4.69, 9.17) is 5.11 Å². The van der Waals surface area contributed by atoms with Crippen LogP contribution in [-0.4, -0.2) is 49.7 Å². The van der Waals surface area contributed by atoms with Gasteiger partial charge in [0, 0.05) is 30.6 Å². The van der Waals surface area contributed by atoms with Gasteiger partial charge in [-0.05, 0) is 18.9 Å². The molecule has 0 atom stereocenters. The lowest BCUT2D eigenvalue weighted by Gasteiger charge is -2.31. The maximum Gasteiger partial charge on any atom is 0.355 e. The zero-order valence-corrected chi connectivity index (χ0v) is 14.0. The van der Waals surface area contributed by atoms with Gasteiger partial charge < -0.3 is 10.0 Å². The van der Waals surface area contributed by atoms with E-state index in [1.54, 1.807) is 4.90 Å². The molecule has 2 aromatic heterocycles. The van der Waals surface area contributed by atoms with Gasteiger partial charge in [-0.1, -0.05) is 0 Å². The minimum Gasteiger partial charge on any atom is -0.476 e. The van der Waals surface area contributed by atoms with E-state index in [-0.39, 0.29) is 29.8 Å². The second-order valence-corrected chi connectivity index (χ2v) is 6.66. The molecule has 0 radical (unpaired) electrons. The van der Waals surface area contributed by atoms with Gasteiger partial charge >= 0.3 is 5.97 Å². The Morgan fingerprint density at radius 1 is 1.36 bits per heavy atom. The Morgan fingerprint density at radius 3 is 2.64 bits per heavy atom. The second kappa shape index (κ2) is 7.26. The first-order valence-electron chi connectivity index (χ1n) is 7.72. The van der Waals surface area contributed by atoms with E-state index in [2.05, 4.69) is 10.1 Å². The summed E-state index contributed by atoms with van der Waals surface area (Å²) in [5.41, 5.74) is -0.295. The van der Waals surface area contributed by atoms with Crippen molar-refractivity contribution in [2.45, 2.75) is 31.7 Å². The van der Waals surface area contributed by atoms with Gasteiger partial charge in [-0.25, -0.2) is 18.6 Å². The van der Waals surface area contributed by atoms with Crippen molar-refractivity contribution in [1.82, 2.24) is 19.7 Å². The van der Waals surface area contributed by atoms with E-state index in [1.807, 2.05) is 0 Å². The average molecular weight is 370 g/mol. The number of carboxylic acid groups (broad SMARTS) is 1. The highest BCUT2D eigenvalue weighted by Crippen LogP contribution is 2.30. The third kappa shape index (κ3) is 4.01. The number of carboxylic acids is 1. The Kier molecular flexibility index (Phi) is 5.07. The summed E-state index contributed by atoms with van der Waals surface area (Å²) in [7, 11) is 0. The molecule has 0 spiro atoms. The van der Waals surface area contributed by atoms with E-state index in [0.29, 0.717) is 25.9 Å². The maximum absolute atomic E-state index is 12.5. The molecule has 7 nitrogen and oxygen atoms in total. The number of likely N-dealkylation sites (tertiary alicyclic amines) is 1. The molecule has 1 amide bonds. The van der Waals surface area contributed by atoms with Crippen LogP contribution in [0.3, 0.4) is 0 Å². The van der Waals surface area contributed by atoms with Gasteiger partial charge in [0.2, 0.25) is 5.91 Å². The lowest BCUT2D eigenvalue weighted by Crippen LogP contribution is -2.39. The van der Waals surface area contributed by atoms with Crippen molar-refractivity contribution in [1.29, 1.82) is 0 Å². The van der Waals surface area contributed by atoms with Crippen LogP contribution in [0, 0.1) is 0 Å². The molecule has 1 aliphatic heterocycles. The molecule has 25 heavy (non-hydrogen) atoms. The van der Waals surface area contributed by atoms with Crippen LogP contribution < -0.4 is 0 Å². The zero-order chi connectivity index (χ0) is 18.0. The van der Waals surface area contributed by atoms with Crippen LogP contribution in [-0.2, 0) is 11.3 Å². The molecule has 10 heteroatoms. The highest BCUT2D eigenvalue weighted by molar-refractivity contribution is 7.09. The van der Waals surface area contributed by atoms with E-state index < -0.39 is 12.4 Å². The number of halogens is 2. The Labute approximate surface area is 145 Å². The number of hydrogen-bond donors (Lipinski definition) is 1. The quantitative estimate of drug-likeness (QED) is 0.873. The highest BCUT2D eigenvalue weighted by Gasteiger charge is 2.26. The molecule has 0 aromatic carbocycles. The molecule has 0 bridgehead atoms. The van der Waals surface area contributed by atoms with Crippen molar-refractivity contribution in [2.24, 2.45) is 0 Å². The number of carbonyl (C=O) groups is 2. The summed E-state index contributed by atoms with van der Waals surface area (Å²) in [5, 5.41) is 14.9. The molecule has 3 heterocycles. The number of thiazole rings is 1. The number of aromatic nitrogens is 3. The lowest BCUT2D eigenvalue weighted by molar-refractivity contribution is -0.133. The van der Waals surface area contributed by atoms with Crippen molar-refractivity contribution in [3.05, 3.63) is 34.0 Å². The molecule has 0 unspecified atom stereocenters. The van der Waals surface area contributed by atoms with Crippen LogP contribution in [0.2, 0.25) is 0 Å². The zero-order valence-electron chi connectivity index (χ0n) is 13.1. The summed E-state index contributed by atoms with van der Waals surface area (Å²) in [6, 6.07) is 1.20. The Hall–Kier alpha value is -2.36. The normalized spacial score (nSPS) is 15.7.